The van der Waals surface area contributed by atoms with Crippen LogP contribution in [0.1, 0.15) is 9.75 Å². The van der Waals surface area contributed by atoms with Crippen molar-refractivity contribution in [1.82, 2.24) is 9.55 Å². The van der Waals surface area contributed by atoms with Crippen LogP contribution in [0, 0.1) is 12.7 Å². The zero-order chi connectivity index (χ0) is 12.7. The van der Waals surface area contributed by atoms with Crippen molar-refractivity contribution < 1.29 is 4.39 Å². The first-order chi connectivity index (χ1) is 8.65. The standard InChI is InChI=1S/C13H12FN3S/c1-8-5-6-9(18-8)7-17-11-4-2-3-10(14)12(11)16-13(17)15/h2-6H,7H2,1H3,(H2,15,16). The maximum absolute atomic E-state index is 13.6. The minimum Gasteiger partial charge on any atom is -0.369 e. The highest BCUT2D eigenvalue weighted by Crippen LogP contribution is 2.24. The van der Waals surface area contributed by atoms with Gasteiger partial charge in [0, 0.05) is 9.75 Å². The van der Waals surface area contributed by atoms with E-state index in [0.717, 1.165) is 5.52 Å². The number of benzene rings is 1. The van der Waals surface area contributed by atoms with E-state index < -0.39 is 0 Å². The van der Waals surface area contributed by atoms with Crippen LogP contribution in [0.25, 0.3) is 11.0 Å². The first kappa shape index (κ1) is 11.2. The number of nitrogen functional groups attached to an aromatic ring is 1. The maximum atomic E-state index is 13.6. The number of aryl methyl sites for hydroxylation is 1. The smallest absolute Gasteiger partial charge is 0.201 e. The van der Waals surface area contributed by atoms with Gasteiger partial charge in [-0.1, -0.05) is 6.07 Å². The molecule has 0 bridgehead atoms. The van der Waals surface area contributed by atoms with Gasteiger partial charge in [0.25, 0.3) is 0 Å². The van der Waals surface area contributed by atoms with Crippen molar-refractivity contribution in [3.8, 4) is 0 Å². The number of hydrogen-bond acceptors (Lipinski definition) is 3. The molecule has 5 heteroatoms. The molecule has 0 spiro atoms. The molecule has 1 aromatic carbocycles. The van der Waals surface area contributed by atoms with Crippen LogP contribution >= 0.6 is 11.3 Å². The molecule has 0 aliphatic heterocycles. The lowest BCUT2D eigenvalue weighted by molar-refractivity contribution is 0.637. The summed E-state index contributed by atoms with van der Waals surface area (Å²) < 4.78 is 15.4. The van der Waals surface area contributed by atoms with E-state index in [-0.39, 0.29) is 5.82 Å². The molecular formula is C13H12FN3S. The Bertz CT molecular complexity index is 714. The molecular weight excluding hydrogens is 249 g/mol. The highest BCUT2D eigenvalue weighted by molar-refractivity contribution is 7.11. The SMILES string of the molecule is Cc1ccc(Cn2c(N)nc3c(F)cccc32)s1. The summed E-state index contributed by atoms with van der Waals surface area (Å²) >= 11 is 1.71. The van der Waals surface area contributed by atoms with Gasteiger partial charge in [0.1, 0.15) is 5.52 Å². The first-order valence-electron chi connectivity index (χ1n) is 5.60. The zero-order valence-corrected chi connectivity index (χ0v) is 10.7. The third-order valence-corrected chi connectivity index (χ3v) is 3.85. The number of nitrogens with two attached hydrogens (primary N) is 1. The van der Waals surface area contributed by atoms with Crippen molar-refractivity contribution in [1.29, 1.82) is 0 Å². The number of aromatic nitrogens is 2. The minimum absolute atomic E-state index is 0.333. The number of para-hydroxylation sites is 1. The molecule has 18 heavy (non-hydrogen) atoms. The van der Waals surface area contributed by atoms with Gasteiger partial charge < -0.3 is 10.3 Å². The maximum Gasteiger partial charge on any atom is 0.201 e. The Balaban J connectivity index is 2.11. The summed E-state index contributed by atoms with van der Waals surface area (Å²) in [4.78, 5) is 6.52. The van der Waals surface area contributed by atoms with Crippen LogP contribution < -0.4 is 5.73 Å². The number of nitrogens with zero attached hydrogens (tertiary/aromatic N) is 2. The van der Waals surface area contributed by atoms with Crippen LogP contribution in [0.4, 0.5) is 10.3 Å². The molecule has 3 nitrogen and oxygen atoms in total. The van der Waals surface area contributed by atoms with Gasteiger partial charge in [0.05, 0.1) is 12.1 Å². The fraction of sp³-hybridized carbons (Fsp3) is 0.154. The number of imidazole rings is 1. The summed E-state index contributed by atoms with van der Waals surface area (Å²) in [6.07, 6.45) is 0. The normalized spacial score (nSPS) is 11.2. The average molecular weight is 261 g/mol. The Morgan fingerprint density at radius 3 is 2.89 bits per heavy atom. The second-order valence-corrected chi connectivity index (χ2v) is 5.55. The second-order valence-electron chi connectivity index (χ2n) is 4.18. The summed E-state index contributed by atoms with van der Waals surface area (Å²) in [6, 6.07) is 9.03. The first-order valence-corrected chi connectivity index (χ1v) is 6.42. The highest BCUT2D eigenvalue weighted by Gasteiger charge is 2.12. The van der Waals surface area contributed by atoms with Gasteiger partial charge in [-0.2, -0.15) is 0 Å². The van der Waals surface area contributed by atoms with Gasteiger partial charge in [-0.15, -0.1) is 11.3 Å². The Kier molecular flexibility index (Phi) is 2.56. The number of halogens is 1. The topological polar surface area (TPSA) is 43.8 Å². The molecule has 2 N–H and O–H groups in total. The zero-order valence-electron chi connectivity index (χ0n) is 9.85. The van der Waals surface area contributed by atoms with Crippen molar-refractivity contribution in [3.05, 3.63) is 45.9 Å². The summed E-state index contributed by atoms with van der Waals surface area (Å²) in [7, 11) is 0. The van der Waals surface area contributed by atoms with Crippen molar-refractivity contribution in [2.45, 2.75) is 13.5 Å². The molecule has 2 aromatic heterocycles. The predicted molar refractivity (Wildman–Crippen MR) is 72.3 cm³/mol. The minimum atomic E-state index is -0.333. The van der Waals surface area contributed by atoms with E-state index in [1.807, 2.05) is 10.6 Å². The number of anilines is 1. The van der Waals surface area contributed by atoms with E-state index >= 15 is 0 Å². The molecule has 0 aliphatic rings. The molecule has 3 aromatic rings. The summed E-state index contributed by atoms with van der Waals surface area (Å²) in [6.45, 7) is 2.69. The van der Waals surface area contributed by atoms with E-state index in [0.29, 0.717) is 18.0 Å². The van der Waals surface area contributed by atoms with Gasteiger partial charge >= 0.3 is 0 Å². The molecule has 0 saturated carbocycles. The quantitative estimate of drug-likeness (QED) is 0.770. The van der Waals surface area contributed by atoms with Gasteiger partial charge in [-0.3, -0.25) is 0 Å². The summed E-state index contributed by atoms with van der Waals surface area (Å²) in [5.41, 5.74) is 6.94. The number of rotatable bonds is 2. The molecule has 0 amide bonds. The van der Waals surface area contributed by atoms with Crippen molar-refractivity contribution in [2.24, 2.45) is 0 Å². The second kappa shape index (κ2) is 4.10. The van der Waals surface area contributed by atoms with Gasteiger partial charge in [-0.25, -0.2) is 9.37 Å². The molecule has 3 rings (SSSR count). The van der Waals surface area contributed by atoms with Crippen molar-refractivity contribution in [2.75, 3.05) is 5.73 Å². The monoisotopic (exact) mass is 261 g/mol. The molecule has 2 heterocycles. The molecule has 0 atom stereocenters. The third kappa shape index (κ3) is 1.76. The van der Waals surface area contributed by atoms with Crippen LogP contribution in [-0.4, -0.2) is 9.55 Å². The van der Waals surface area contributed by atoms with Crippen LogP contribution in [-0.2, 0) is 6.54 Å². The van der Waals surface area contributed by atoms with Gasteiger partial charge in [-0.05, 0) is 31.2 Å². The van der Waals surface area contributed by atoms with Gasteiger partial charge in [0.15, 0.2) is 5.82 Å². The Labute approximate surface area is 108 Å². The highest BCUT2D eigenvalue weighted by atomic mass is 32.1. The van der Waals surface area contributed by atoms with Crippen LogP contribution in [0.3, 0.4) is 0 Å². The largest absolute Gasteiger partial charge is 0.369 e. The molecule has 92 valence electrons. The van der Waals surface area contributed by atoms with E-state index in [1.54, 1.807) is 17.4 Å². The third-order valence-electron chi connectivity index (χ3n) is 2.87. The van der Waals surface area contributed by atoms with E-state index in [1.165, 1.54) is 15.8 Å². The number of fused-ring (bicyclic) bond motifs is 1. The lowest BCUT2D eigenvalue weighted by Gasteiger charge is -2.04. The molecule has 0 unspecified atom stereocenters. The lowest BCUT2D eigenvalue weighted by Crippen LogP contribution is -2.03. The van der Waals surface area contributed by atoms with Crippen LogP contribution in [0.2, 0.25) is 0 Å². The van der Waals surface area contributed by atoms with Crippen LogP contribution in [0.5, 0.6) is 0 Å². The Morgan fingerprint density at radius 2 is 2.17 bits per heavy atom. The summed E-state index contributed by atoms with van der Waals surface area (Å²) in [5, 5.41) is 0. The fourth-order valence-corrected chi connectivity index (χ4v) is 2.90. The van der Waals surface area contributed by atoms with Gasteiger partial charge in [0.2, 0.25) is 5.95 Å². The van der Waals surface area contributed by atoms with E-state index in [4.69, 9.17) is 5.73 Å². The van der Waals surface area contributed by atoms with Crippen molar-refractivity contribution in [3.63, 3.8) is 0 Å². The van der Waals surface area contributed by atoms with Crippen molar-refractivity contribution >= 4 is 28.3 Å². The summed E-state index contributed by atoms with van der Waals surface area (Å²) in [5.74, 6) is 0.0152. The van der Waals surface area contributed by atoms with Crippen LogP contribution in [0.15, 0.2) is 30.3 Å². The molecule has 0 radical (unpaired) electrons. The predicted octanol–water partition coefficient (Wildman–Crippen LogP) is 3.18. The fourth-order valence-electron chi connectivity index (χ4n) is 2.02. The molecule has 0 saturated heterocycles. The molecule has 0 aliphatic carbocycles. The van der Waals surface area contributed by atoms with E-state index in [2.05, 4.69) is 24.0 Å². The Morgan fingerprint density at radius 1 is 1.33 bits per heavy atom. The lowest BCUT2D eigenvalue weighted by atomic mass is 10.3. The molecule has 0 fully saturated rings. The number of hydrogen-bond donors (Lipinski definition) is 1. The van der Waals surface area contributed by atoms with E-state index in [9.17, 15) is 4.39 Å². The average Bonchev–Trinajstić information content (AvgIpc) is 2.87. The number of thiophene rings is 1. The Hall–Kier alpha value is -1.88.